The third-order valence-electron chi connectivity index (χ3n) is 5.36. The van der Waals surface area contributed by atoms with Gasteiger partial charge in [-0.1, -0.05) is 48.5 Å². The lowest BCUT2D eigenvalue weighted by Gasteiger charge is -2.45. The number of para-hydroxylation sites is 1. The fourth-order valence-electron chi connectivity index (χ4n) is 4.16. The highest BCUT2D eigenvalue weighted by Gasteiger charge is 2.42. The summed E-state index contributed by atoms with van der Waals surface area (Å²) in [7, 11) is 0. The molecule has 2 unspecified atom stereocenters. The Balaban J connectivity index is 1.68. The molecule has 2 heterocycles. The van der Waals surface area contributed by atoms with Crippen LogP contribution in [0.1, 0.15) is 30.9 Å². The zero-order valence-corrected chi connectivity index (χ0v) is 14.3. The predicted octanol–water partition coefficient (Wildman–Crippen LogP) is 4.01. The largest absolute Gasteiger partial charge is 0.343 e. The van der Waals surface area contributed by atoms with Crippen LogP contribution in [0.2, 0.25) is 0 Å². The van der Waals surface area contributed by atoms with Crippen molar-refractivity contribution < 1.29 is 0 Å². The summed E-state index contributed by atoms with van der Waals surface area (Å²) >= 11 is 0. The molecule has 24 heavy (non-hydrogen) atoms. The van der Waals surface area contributed by atoms with E-state index in [9.17, 15) is 0 Å². The van der Waals surface area contributed by atoms with Crippen molar-refractivity contribution in [3.8, 4) is 0 Å². The molecular formula is C21H25N3. The van der Waals surface area contributed by atoms with Gasteiger partial charge in [0.15, 0.2) is 0 Å². The molecule has 4 rings (SSSR count). The van der Waals surface area contributed by atoms with Gasteiger partial charge in [-0.3, -0.25) is 4.99 Å². The number of nitrogens with one attached hydrogen (secondary N) is 2. The predicted molar refractivity (Wildman–Crippen MR) is 100 cm³/mol. The second kappa shape index (κ2) is 6.40. The van der Waals surface area contributed by atoms with E-state index in [1.807, 2.05) is 0 Å². The maximum atomic E-state index is 5.04. The zero-order valence-electron chi connectivity index (χ0n) is 14.3. The Labute approximate surface area is 144 Å². The lowest BCUT2D eigenvalue weighted by molar-refractivity contribution is 0.248. The zero-order chi connectivity index (χ0) is 16.4. The SMILES string of the molecule is CC1CC2(CCN1)Cc1ccccc1NC2=NCc1ccccc1. The number of benzene rings is 2. The molecule has 0 aromatic heterocycles. The van der Waals surface area contributed by atoms with Gasteiger partial charge in [-0.05, 0) is 49.9 Å². The number of rotatable bonds is 2. The summed E-state index contributed by atoms with van der Waals surface area (Å²) in [5.74, 6) is 1.18. The van der Waals surface area contributed by atoms with Crippen LogP contribution >= 0.6 is 0 Å². The monoisotopic (exact) mass is 319 g/mol. The van der Waals surface area contributed by atoms with E-state index in [4.69, 9.17) is 4.99 Å². The van der Waals surface area contributed by atoms with Crippen LogP contribution in [-0.2, 0) is 13.0 Å². The summed E-state index contributed by atoms with van der Waals surface area (Å²) < 4.78 is 0. The van der Waals surface area contributed by atoms with E-state index in [0.717, 1.165) is 32.4 Å². The van der Waals surface area contributed by atoms with Gasteiger partial charge in [0.1, 0.15) is 5.84 Å². The second-order valence-electron chi connectivity index (χ2n) is 7.20. The molecule has 1 saturated heterocycles. The van der Waals surface area contributed by atoms with Gasteiger partial charge in [0, 0.05) is 17.1 Å². The van der Waals surface area contributed by atoms with Crippen molar-refractivity contribution in [2.75, 3.05) is 11.9 Å². The van der Waals surface area contributed by atoms with E-state index in [1.165, 1.54) is 22.6 Å². The Kier molecular flexibility index (Phi) is 4.11. The number of amidine groups is 1. The first kappa shape index (κ1) is 15.4. The molecule has 3 nitrogen and oxygen atoms in total. The molecule has 1 fully saturated rings. The Morgan fingerprint density at radius 3 is 2.71 bits per heavy atom. The molecule has 0 radical (unpaired) electrons. The quantitative estimate of drug-likeness (QED) is 0.877. The van der Waals surface area contributed by atoms with Gasteiger partial charge in [0.25, 0.3) is 0 Å². The number of piperidine rings is 1. The number of hydrogen-bond acceptors (Lipinski definition) is 2. The molecule has 2 aliphatic heterocycles. The van der Waals surface area contributed by atoms with Gasteiger partial charge >= 0.3 is 0 Å². The van der Waals surface area contributed by atoms with Gasteiger partial charge < -0.3 is 10.6 Å². The third kappa shape index (κ3) is 2.96. The molecule has 0 aliphatic carbocycles. The number of anilines is 1. The minimum Gasteiger partial charge on any atom is -0.343 e. The molecule has 2 atom stereocenters. The van der Waals surface area contributed by atoms with Crippen LogP contribution in [0.15, 0.2) is 59.6 Å². The van der Waals surface area contributed by atoms with Crippen molar-refractivity contribution in [1.29, 1.82) is 0 Å². The van der Waals surface area contributed by atoms with Gasteiger partial charge in [-0.25, -0.2) is 0 Å². The van der Waals surface area contributed by atoms with Crippen molar-refractivity contribution in [3.05, 3.63) is 65.7 Å². The highest BCUT2D eigenvalue weighted by atomic mass is 15.1. The van der Waals surface area contributed by atoms with E-state index in [-0.39, 0.29) is 5.41 Å². The molecule has 1 spiro atoms. The van der Waals surface area contributed by atoms with Gasteiger partial charge in [-0.2, -0.15) is 0 Å². The first-order chi connectivity index (χ1) is 11.8. The highest BCUT2D eigenvalue weighted by molar-refractivity contribution is 6.02. The molecule has 0 bridgehead atoms. The molecule has 2 aromatic carbocycles. The van der Waals surface area contributed by atoms with E-state index in [0.29, 0.717) is 6.04 Å². The van der Waals surface area contributed by atoms with Crippen molar-refractivity contribution >= 4 is 11.5 Å². The van der Waals surface area contributed by atoms with Gasteiger partial charge in [-0.15, -0.1) is 0 Å². The number of hydrogen-bond donors (Lipinski definition) is 2. The van der Waals surface area contributed by atoms with Crippen LogP contribution < -0.4 is 10.6 Å². The molecule has 2 N–H and O–H groups in total. The summed E-state index contributed by atoms with van der Waals surface area (Å²) in [6.45, 7) is 4.10. The summed E-state index contributed by atoms with van der Waals surface area (Å²) in [5.41, 5.74) is 4.06. The molecule has 2 aliphatic rings. The normalized spacial score (nSPS) is 27.7. The average Bonchev–Trinajstić information content (AvgIpc) is 2.61. The van der Waals surface area contributed by atoms with E-state index < -0.39 is 0 Å². The molecule has 124 valence electrons. The summed E-state index contributed by atoms with van der Waals surface area (Å²) in [5, 5.41) is 7.26. The van der Waals surface area contributed by atoms with Crippen molar-refractivity contribution in [1.82, 2.24) is 5.32 Å². The Morgan fingerprint density at radius 1 is 1.08 bits per heavy atom. The summed E-state index contributed by atoms with van der Waals surface area (Å²) in [6, 6.07) is 19.7. The molecular weight excluding hydrogens is 294 g/mol. The van der Waals surface area contributed by atoms with Gasteiger partial charge in [0.05, 0.1) is 6.54 Å². The Bertz CT molecular complexity index is 738. The highest BCUT2D eigenvalue weighted by Crippen LogP contribution is 2.42. The Hall–Kier alpha value is -2.13. The lowest BCUT2D eigenvalue weighted by Crippen LogP contribution is -2.51. The van der Waals surface area contributed by atoms with Crippen LogP contribution in [0.3, 0.4) is 0 Å². The van der Waals surface area contributed by atoms with Crippen LogP contribution in [0.4, 0.5) is 5.69 Å². The van der Waals surface area contributed by atoms with Crippen LogP contribution in [0.25, 0.3) is 0 Å². The fraction of sp³-hybridized carbons (Fsp3) is 0.381. The first-order valence-corrected chi connectivity index (χ1v) is 8.92. The molecule has 2 aromatic rings. The number of nitrogens with zero attached hydrogens (tertiary/aromatic N) is 1. The number of fused-ring (bicyclic) bond motifs is 1. The average molecular weight is 319 g/mol. The van der Waals surface area contributed by atoms with Crippen molar-refractivity contribution in [3.63, 3.8) is 0 Å². The van der Waals surface area contributed by atoms with E-state index >= 15 is 0 Å². The van der Waals surface area contributed by atoms with Crippen molar-refractivity contribution in [2.24, 2.45) is 10.4 Å². The van der Waals surface area contributed by atoms with E-state index in [2.05, 4.69) is 72.2 Å². The fourth-order valence-corrected chi connectivity index (χ4v) is 4.16. The first-order valence-electron chi connectivity index (χ1n) is 8.92. The molecule has 3 heteroatoms. The summed E-state index contributed by atoms with van der Waals surface area (Å²) in [4.78, 5) is 5.04. The van der Waals surface area contributed by atoms with Crippen LogP contribution in [-0.4, -0.2) is 18.4 Å². The smallest absolute Gasteiger partial charge is 0.108 e. The number of aliphatic imine (C=N–C) groups is 1. The maximum absolute atomic E-state index is 5.04. The maximum Gasteiger partial charge on any atom is 0.108 e. The minimum absolute atomic E-state index is 0.147. The Morgan fingerprint density at radius 2 is 1.88 bits per heavy atom. The van der Waals surface area contributed by atoms with E-state index in [1.54, 1.807) is 0 Å². The molecule has 0 saturated carbocycles. The van der Waals surface area contributed by atoms with Gasteiger partial charge in [0.2, 0.25) is 0 Å². The summed E-state index contributed by atoms with van der Waals surface area (Å²) in [6.07, 6.45) is 3.38. The molecule has 0 amide bonds. The second-order valence-corrected chi connectivity index (χ2v) is 7.20. The lowest BCUT2D eigenvalue weighted by atomic mass is 9.69. The topological polar surface area (TPSA) is 36.4 Å². The third-order valence-corrected chi connectivity index (χ3v) is 5.36. The van der Waals surface area contributed by atoms with Crippen molar-refractivity contribution in [2.45, 2.75) is 38.8 Å². The standard InChI is InChI=1S/C21H25N3/c1-16-13-21(11-12-22-16)14-18-9-5-6-10-19(18)24-20(21)23-15-17-7-3-2-4-8-17/h2-10,16,22H,11-15H2,1H3,(H,23,24). The minimum atomic E-state index is 0.147. The van der Waals surface area contributed by atoms with Crippen LogP contribution in [0.5, 0.6) is 0 Å². The van der Waals surface area contributed by atoms with Crippen LogP contribution in [0, 0.1) is 5.41 Å².